The topological polar surface area (TPSA) is 59.1 Å². The summed E-state index contributed by atoms with van der Waals surface area (Å²) in [6, 6.07) is 6.86. The number of amides is 2. The molecule has 0 spiro atoms. The molecular weight excluding hydrogens is 358 g/mol. The van der Waals surface area contributed by atoms with Gasteiger partial charge in [-0.05, 0) is 30.3 Å². The number of aromatic nitrogens is 1. The lowest BCUT2D eigenvalue weighted by Crippen LogP contribution is -2.30. The highest BCUT2D eigenvalue weighted by atomic mass is 35.5. The van der Waals surface area contributed by atoms with Gasteiger partial charge in [0.15, 0.2) is 0 Å². The van der Waals surface area contributed by atoms with Crippen molar-refractivity contribution < 1.29 is 9.59 Å². The molecule has 1 aromatic heterocycles. The van der Waals surface area contributed by atoms with E-state index < -0.39 is 11.8 Å². The van der Waals surface area contributed by atoms with Gasteiger partial charge >= 0.3 is 0 Å². The molecule has 0 saturated heterocycles. The average Bonchev–Trinajstić information content (AvgIpc) is 2.40. The Morgan fingerprint density at radius 3 is 1.95 bits per heavy atom. The lowest BCUT2D eigenvalue weighted by Gasteiger charge is -2.06. The number of nitrogens with zero attached hydrogens (tertiary/aromatic N) is 1. The Kier molecular flexibility index (Phi) is 5.06. The molecule has 8 heteroatoms. The lowest BCUT2D eigenvalue weighted by molar-refractivity contribution is 0.0849. The number of benzene rings is 1. The van der Waals surface area contributed by atoms with Crippen molar-refractivity contribution >= 4 is 58.2 Å². The van der Waals surface area contributed by atoms with Crippen LogP contribution >= 0.6 is 46.4 Å². The van der Waals surface area contributed by atoms with E-state index in [4.69, 9.17) is 46.4 Å². The van der Waals surface area contributed by atoms with E-state index in [1.54, 1.807) is 0 Å². The summed E-state index contributed by atoms with van der Waals surface area (Å²) in [7, 11) is 0. The minimum absolute atomic E-state index is 0.0506. The average molecular weight is 364 g/mol. The Labute approximate surface area is 140 Å². The lowest BCUT2D eigenvalue weighted by atomic mass is 10.2. The number of hydrogen-bond donors (Lipinski definition) is 1. The Balaban J connectivity index is 2.18. The molecule has 1 heterocycles. The van der Waals surface area contributed by atoms with Crippen LogP contribution in [0.5, 0.6) is 0 Å². The number of pyridine rings is 1. The molecule has 2 amide bonds. The largest absolute Gasteiger partial charge is 0.288 e. The fourth-order valence-corrected chi connectivity index (χ4v) is 2.24. The molecule has 1 N–H and O–H groups in total. The van der Waals surface area contributed by atoms with Crippen molar-refractivity contribution in [2.75, 3.05) is 0 Å². The second-order valence-electron chi connectivity index (χ2n) is 3.91. The van der Waals surface area contributed by atoms with Crippen LogP contribution in [0.3, 0.4) is 0 Å². The van der Waals surface area contributed by atoms with Crippen molar-refractivity contribution in [1.29, 1.82) is 0 Å². The fraction of sp³-hybridized carbons (Fsp3) is 0. The number of nitrogens with one attached hydrogen (secondary N) is 1. The summed E-state index contributed by atoms with van der Waals surface area (Å²) in [5.74, 6) is -1.28. The Morgan fingerprint density at radius 2 is 1.38 bits per heavy atom. The maximum absolute atomic E-state index is 11.9. The molecule has 21 heavy (non-hydrogen) atoms. The van der Waals surface area contributed by atoms with Crippen LogP contribution in [0, 0.1) is 0 Å². The highest BCUT2D eigenvalue weighted by Crippen LogP contribution is 2.22. The number of rotatable bonds is 2. The summed E-state index contributed by atoms with van der Waals surface area (Å²) in [6.45, 7) is 0. The second kappa shape index (κ2) is 6.62. The monoisotopic (exact) mass is 362 g/mol. The van der Waals surface area contributed by atoms with Crippen LogP contribution in [0.2, 0.25) is 20.4 Å². The van der Waals surface area contributed by atoms with E-state index in [1.165, 1.54) is 30.3 Å². The van der Waals surface area contributed by atoms with Crippen LogP contribution in [-0.4, -0.2) is 16.8 Å². The zero-order valence-corrected chi connectivity index (χ0v) is 13.2. The maximum atomic E-state index is 11.9. The first-order chi connectivity index (χ1) is 9.86. The van der Waals surface area contributed by atoms with Crippen LogP contribution in [0.25, 0.3) is 0 Å². The predicted molar refractivity (Wildman–Crippen MR) is 82.5 cm³/mol. The van der Waals surface area contributed by atoms with Gasteiger partial charge in [0, 0.05) is 11.1 Å². The van der Waals surface area contributed by atoms with E-state index in [0.717, 1.165) is 0 Å². The highest BCUT2D eigenvalue weighted by Gasteiger charge is 2.14. The first-order valence-electron chi connectivity index (χ1n) is 5.50. The predicted octanol–water partition coefficient (Wildman–Crippen LogP) is 4.27. The van der Waals surface area contributed by atoms with Crippen molar-refractivity contribution in [3.8, 4) is 0 Å². The van der Waals surface area contributed by atoms with Gasteiger partial charge in [-0.3, -0.25) is 14.9 Å². The number of halogens is 4. The van der Waals surface area contributed by atoms with Crippen LogP contribution in [-0.2, 0) is 0 Å². The van der Waals surface area contributed by atoms with Crippen molar-refractivity contribution in [3.05, 3.63) is 61.8 Å². The number of carbonyl (C=O) groups is 2. The molecule has 108 valence electrons. The van der Waals surface area contributed by atoms with Gasteiger partial charge in [-0.1, -0.05) is 46.4 Å². The van der Waals surface area contributed by atoms with Crippen LogP contribution in [0.1, 0.15) is 20.7 Å². The Hall–Kier alpha value is -1.33. The summed E-state index contributed by atoms with van der Waals surface area (Å²) in [4.78, 5) is 27.6. The Morgan fingerprint density at radius 1 is 0.810 bits per heavy atom. The van der Waals surface area contributed by atoms with Gasteiger partial charge in [0.25, 0.3) is 11.8 Å². The van der Waals surface area contributed by atoms with E-state index in [-0.39, 0.29) is 26.5 Å². The summed E-state index contributed by atoms with van der Waals surface area (Å²) >= 11 is 23.0. The van der Waals surface area contributed by atoms with Gasteiger partial charge in [0.2, 0.25) is 0 Å². The van der Waals surface area contributed by atoms with Gasteiger partial charge < -0.3 is 0 Å². The van der Waals surface area contributed by atoms with E-state index in [9.17, 15) is 9.59 Å². The summed E-state index contributed by atoms with van der Waals surface area (Å²) in [5, 5.41) is 2.82. The third-order valence-electron chi connectivity index (χ3n) is 2.43. The minimum atomic E-state index is -0.655. The van der Waals surface area contributed by atoms with E-state index in [2.05, 4.69) is 10.3 Å². The quantitative estimate of drug-likeness (QED) is 0.640. The first kappa shape index (κ1) is 16.0. The molecule has 0 saturated carbocycles. The van der Waals surface area contributed by atoms with E-state index in [0.29, 0.717) is 5.02 Å². The molecule has 1 aromatic carbocycles. The van der Waals surface area contributed by atoms with E-state index >= 15 is 0 Å². The third-order valence-corrected chi connectivity index (χ3v) is 3.56. The number of carbonyl (C=O) groups excluding carboxylic acids is 2. The SMILES string of the molecule is O=C(NC(=O)c1ccc(Cl)c(Cl)c1)c1cc(Cl)nc(Cl)c1. The van der Waals surface area contributed by atoms with Gasteiger partial charge in [0.05, 0.1) is 10.0 Å². The summed E-state index contributed by atoms with van der Waals surface area (Å²) in [5.41, 5.74) is 0.317. The molecule has 0 aliphatic rings. The summed E-state index contributed by atoms with van der Waals surface area (Å²) in [6.07, 6.45) is 0. The van der Waals surface area contributed by atoms with Crippen LogP contribution in [0.4, 0.5) is 0 Å². The normalized spacial score (nSPS) is 10.3. The number of imide groups is 1. The number of hydrogen-bond acceptors (Lipinski definition) is 3. The zero-order chi connectivity index (χ0) is 15.6. The van der Waals surface area contributed by atoms with Gasteiger partial charge in [-0.2, -0.15) is 0 Å². The maximum Gasteiger partial charge on any atom is 0.258 e. The molecule has 4 nitrogen and oxygen atoms in total. The minimum Gasteiger partial charge on any atom is -0.288 e. The second-order valence-corrected chi connectivity index (χ2v) is 5.50. The molecule has 0 aliphatic heterocycles. The molecule has 0 unspecified atom stereocenters. The van der Waals surface area contributed by atoms with Gasteiger partial charge in [-0.15, -0.1) is 0 Å². The van der Waals surface area contributed by atoms with Crippen molar-refractivity contribution in [2.45, 2.75) is 0 Å². The van der Waals surface area contributed by atoms with Crippen LogP contribution in [0.15, 0.2) is 30.3 Å². The molecule has 0 bridgehead atoms. The van der Waals surface area contributed by atoms with E-state index in [1.807, 2.05) is 0 Å². The van der Waals surface area contributed by atoms with Gasteiger partial charge in [0.1, 0.15) is 10.3 Å². The van der Waals surface area contributed by atoms with Gasteiger partial charge in [-0.25, -0.2) is 4.98 Å². The smallest absolute Gasteiger partial charge is 0.258 e. The third kappa shape index (κ3) is 4.08. The van der Waals surface area contributed by atoms with Crippen molar-refractivity contribution in [1.82, 2.24) is 10.3 Å². The van der Waals surface area contributed by atoms with Crippen molar-refractivity contribution in [2.24, 2.45) is 0 Å². The molecule has 0 atom stereocenters. The Bertz CT molecular complexity index is 714. The highest BCUT2D eigenvalue weighted by molar-refractivity contribution is 6.42. The molecule has 0 radical (unpaired) electrons. The molecule has 2 aromatic rings. The first-order valence-corrected chi connectivity index (χ1v) is 7.02. The molecule has 0 fully saturated rings. The summed E-state index contributed by atoms with van der Waals surface area (Å²) < 4.78 is 0. The standard InChI is InChI=1S/C13H6Cl4N2O2/c14-8-2-1-6(3-9(8)15)12(20)19-13(21)7-4-10(16)18-11(17)5-7/h1-5H,(H,19,20,21). The van der Waals surface area contributed by atoms with Crippen molar-refractivity contribution in [3.63, 3.8) is 0 Å². The van der Waals surface area contributed by atoms with Crippen LogP contribution < -0.4 is 5.32 Å². The molecule has 0 aliphatic carbocycles. The fourth-order valence-electron chi connectivity index (χ4n) is 1.48. The zero-order valence-electron chi connectivity index (χ0n) is 10.2. The molecule has 2 rings (SSSR count). The molecular formula is C13H6Cl4N2O2.